The lowest BCUT2D eigenvalue weighted by atomic mass is 10.2. The van der Waals surface area contributed by atoms with Gasteiger partial charge in [-0.25, -0.2) is 5.43 Å². The van der Waals surface area contributed by atoms with Gasteiger partial charge in [-0.05, 0) is 32.0 Å². The van der Waals surface area contributed by atoms with Crippen LogP contribution in [0, 0.1) is 10.1 Å². The zero-order valence-electron chi connectivity index (χ0n) is 14.8. The van der Waals surface area contributed by atoms with E-state index in [-0.39, 0.29) is 11.4 Å². The molecule has 2 heterocycles. The van der Waals surface area contributed by atoms with E-state index in [9.17, 15) is 14.9 Å². The first kappa shape index (κ1) is 18.2. The van der Waals surface area contributed by atoms with Crippen molar-refractivity contribution in [2.24, 2.45) is 5.10 Å². The fourth-order valence-corrected chi connectivity index (χ4v) is 2.58. The van der Waals surface area contributed by atoms with E-state index in [1.54, 1.807) is 6.07 Å². The van der Waals surface area contributed by atoms with Crippen molar-refractivity contribution >= 4 is 34.7 Å². The van der Waals surface area contributed by atoms with Crippen molar-refractivity contribution in [1.29, 1.82) is 0 Å². The molecule has 0 atom stereocenters. The maximum atomic E-state index is 12.1. The molecule has 0 radical (unpaired) electrons. The average molecular weight is 370 g/mol. The lowest BCUT2D eigenvalue weighted by Gasteiger charge is -2.16. The van der Waals surface area contributed by atoms with E-state index in [0.717, 1.165) is 19.0 Å². The molecular formula is C18H18N4O5. The Balaban J connectivity index is 1.68. The van der Waals surface area contributed by atoms with E-state index in [1.807, 2.05) is 24.8 Å². The summed E-state index contributed by atoms with van der Waals surface area (Å²) >= 11 is 0. The summed E-state index contributed by atoms with van der Waals surface area (Å²) in [5, 5.41) is 15.1. The van der Waals surface area contributed by atoms with Gasteiger partial charge in [0.05, 0.1) is 11.1 Å². The third kappa shape index (κ3) is 3.97. The molecule has 0 unspecified atom stereocenters. The van der Waals surface area contributed by atoms with Gasteiger partial charge in [-0.15, -0.1) is 0 Å². The summed E-state index contributed by atoms with van der Waals surface area (Å²) in [7, 11) is 0. The van der Waals surface area contributed by atoms with Crippen LogP contribution in [0.3, 0.4) is 0 Å². The van der Waals surface area contributed by atoms with Gasteiger partial charge in [0.2, 0.25) is 0 Å². The number of rotatable bonds is 7. The third-order valence-electron chi connectivity index (χ3n) is 3.98. The van der Waals surface area contributed by atoms with Crippen molar-refractivity contribution in [3.8, 4) is 0 Å². The second-order valence-electron chi connectivity index (χ2n) is 5.64. The normalized spacial score (nSPS) is 11.2. The summed E-state index contributed by atoms with van der Waals surface area (Å²) in [5.41, 5.74) is 2.65. The van der Waals surface area contributed by atoms with E-state index < -0.39 is 10.8 Å². The number of hydrogen-bond donors (Lipinski definition) is 1. The van der Waals surface area contributed by atoms with Crippen LogP contribution in [0.25, 0.3) is 11.0 Å². The first-order valence-electron chi connectivity index (χ1n) is 8.38. The molecule has 3 aromatic rings. The Morgan fingerprint density at radius 3 is 2.70 bits per heavy atom. The van der Waals surface area contributed by atoms with Crippen molar-refractivity contribution in [3.05, 3.63) is 58.0 Å². The summed E-state index contributed by atoms with van der Waals surface area (Å²) in [6.07, 6.45) is 1.39. The fourth-order valence-electron chi connectivity index (χ4n) is 2.58. The number of hydrogen-bond acceptors (Lipinski definition) is 7. The van der Waals surface area contributed by atoms with Gasteiger partial charge < -0.3 is 13.7 Å². The molecule has 0 aliphatic carbocycles. The molecule has 1 aromatic carbocycles. The Hall–Kier alpha value is -3.62. The predicted molar refractivity (Wildman–Crippen MR) is 100 cm³/mol. The highest BCUT2D eigenvalue weighted by atomic mass is 16.6. The van der Waals surface area contributed by atoms with Gasteiger partial charge in [0.1, 0.15) is 11.3 Å². The predicted octanol–water partition coefficient (Wildman–Crippen LogP) is 3.54. The molecule has 0 saturated heterocycles. The maximum absolute atomic E-state index is 12.1. The van der Waals surface area contributed by atoms with E-state index in [4.69, 9.17) is 8.83 Å². The number of nitrogens with zero attached hydrogens (tertiary/aromatic N) is 3. The van der Waals surface area contributed by atoms with Crippen LogP contribution in [0.2, 0.25) is 0 Å². The summed E-state index contributed by atoms with van der Waals surface area (Å²) in [4.78, 5) is 24.5. The van der Waals surface area contributed by atoms with Gasteiger partial charge in [-0.3, -0.25) is 14.9 Å². The number of nitro groups is 1. The van der Waals surface area contributed by atoms with Gasteiger partial charge in [0.15, 0.2) is 11.6 Å². The van der Waals surface area contributed by atoms with Crippen LogP contribution >= 0.6 is 0 Å². The zero-order chi connectivity index (χ0) is 19.4. The highest BCUT2D eigenvalue weighted by Gasteiger charge is 2.14. The maximum Gasteiger partial charge on any atom is 0.307 e. The molecule has 9 heteroatoms. The smallest absolute Gasteiger partial charge is 0.307 e. The van der Waals surface area contributed by atoms with Crippen molar-refractivity contribution in [1.82, 2.24) is 5.43 Å². The van der Waals surface area contributed by atoms with Crippen LogP contribution in [0.15, 0.2) is 50.3 Å². The van der Waals surface area contributed by atoms with Crippen molar-refractivity contribution < 1.29 is 18.6 Å². The monoisotopic (exact) mass is 370 g/mol. The first-order valence-corrected chi connectivity index (χ1v) is 8.38. The van der Waals surface area contributed by atoms with Gasteiger partial charge in [0.25, 0.3) is 5.69 Å². The Labute approximate surface area is 154 Å². The molecule has 0 bridgehead atoms. The topological polar surface area (TPSA) is 114 Å². The quantitative estimate of drug-likeness (QED) is 0.386. The summed E-state index contributed by atoms with van der Waals surface area (Å²) < 4.78 is 11.0. The molecule has 0 saturated carbocycles. The molecule has 27 heavy (non-hydrogen) atoms. The Morgan fingerprint density at radius 1 is 1.22 bits per heavy atom. The minimum absolute atomic E-state index is 0.00548. The zero-order valence-corrected chi connectivity index (χ0v) is 14.8. The number of nitro benzene ring substituents is 1. The van der Waals surface area contributed by atoms with Crippen molar-refractivity contribution in [2.45, 2.75) is 13.8 Å². The van der Waals surface area contributed by atoms with Gasteiger partial charge >= 0.3 is 5.91 Å². The van der Waals surface area contributed by atoms with Crippen LogP contribution in [-0.4, -0.2) is 30.1 Å². The molecule has 0 fully saturated rings. The number of furan rings is 2. The minimum Gasteiger partial charge on any atom is -0.451 e. The Morgan fingerprint density at radius 2 is 2.00 bits per heavy atom. The van der Waals surface area contributed by atoms with Crippen LogP contribution in [0.4, 0.5) is 11.6 Å². The number of fused-ring (bicyclic) bond motifs is 1. The molecule has 0 aliphatic rings. The molecule has 0 aliphatic heterocycles. The summed E-state index contributed by atoms with van der Waals surface area (Å²) in [5.74, 6) is 0.663. The van der Waals surface area contributed by atoms with Crippen LogP contribution in [0.1, 0.15) is 30.2 Å². The third-order valence-corrected chi connectivity index (χ3v) is 3.98. The van der Waals surface area contributed by atoms with Crippen LogP contribution in [0.5, 0.6) is 0 Å². The van der Waals surface area contributed by atoms with Gasteiger partial charge in [-0.2, -0.15) is 5.10 Å². The molecular weight excluding hydrogens is 352 g/mol. The van der Waals surface area contributed by atoms with Crippen molar-refractivity contribution in [2.75, 3.05) is 18.0 Å². The standard InChI is InChI=1S/C18H18N4O5/c1-3-21(4-2)17-8-6-14(26-17)11-19-20-18(23)16-10-12-9-13(22(24)25)5-7-15(12)27-16/h5-11H,3-4H2,1-2H3,(H,20,23). The second kappa shape index (κ2) is 7.73. The molecule has 1 N–H and O–H groups in total. The minimum atomic E-state index is -0.569. The number of anilines is 1. The fraction of sp³-hybridized carbons (Fsp3) is 0.222. The van der Waals surface area contributed by atoms with E-state index in [0.29, 0.717) is 16.7 Å². The van der Waals surface area contributed by atoms with Gasteiger partial charge in [0, 0.05) is 36.7 Å². The number of nitrogens with one attached hydrogen (secondary N) is 1. The number of hydrazone groups is 1. The van der Waals surface area contributed by atoms with E-state index in [2.05, 4.69) is 10.5 Å². The molecule has 0 spiro atoms. The molecule has 1 amide bonds. The lowest BCUT2D eigenvalue weighted by Crippen LogP contribution is -2.20. The molecule has 3 rings (SSSR count). The number of non-ortho nitro benzene ring substituents is 1. The summed E-state index contributed by atoms with van der Waals surface area (Å²) in [6, 6.07) is 9.13. The molecule has 140 valence electrons. The number of amides is 1. The highest BCUT2D eigenvalue weighted by molar-refractivity contribution is 5.96. The molecule has 9 nitrogen and oxygen atoms in total. The van der Waals surface area contributed by atoms with Crippen molar-refractivity contribution in [3.63, 3.8) is 0 Å². The summed E-state index contributed by atoms with van der Waals surface area (Å²) in [6.45, 7) is 5.70. The first-order chi connectivity index (χ1) is 13.0. The SMILES string of the molecule is CCN(CC)c1ccc(C=NNC(=O)c2cc3cc([N+](=O)[O-])ccc3o2)o1. The lowest BCUT2D eigenvalue weighted by molar-refractivity contribution is -0.384. The largest absolute Gasteiger partial charge is 0.451 e. The Kier molecular flexibility index (Phi) is 5.20. The Bertz CT molecular complexity index is 1000. The van der Waals surface area contributed by atoms with Gasteiger partial charge in [-0.1, -0.05) is 0 Å². The van der Waals surface area contributed by atoms with E-state index >= 15 is 0 Å². The second-order valence-corrected chi connectivity index (χ2v) is 5.64. The number of carbonyl (C=O) groups is 1. The van der Waals surface area contributed by atoms with Crippen LogP contribution in [-0.2, 0) is 0 Å². The highest BCUT2D eigenvalue weighted by Crippen LogP contribution is 2.24. The number of carbonyl (C=O) groups excluding carboxylic acids is 1. The van der Waals surface area contributed by atoms with Crippen LogP contribution < -0.4 is 10.3 Å². The number of benzene rings is 1. The van der Waals surface area contributed by atoms with E-state index in [1.165, 1.54) is 30.5 Å². The molecule has 2 aromatic heterocycles. The average Bonchev–Trinajstić information content (AvgIpc) is 3.29.